The normalized spacial score (nSPS) is 22.5. The zero-order chi connectivity index (χ0) is 8.86. The maximum Gasteiger partial charge on any atom is 0.0736 e. The van der Waals surface area contributed by atoms with Gasteiger partial charge in [-0.15, -0.1) is 0 Å². The molecule has 1 aliphatic heterocycles. The van der Waals surface area contributed by atoms with Crippen LogP contribution in [0.1, 0.15) is 19.3 Å². The van der Waals surface area contributed by atoms with E-state index in [0.29, 0.717) is 6.61 Å². The summed E-state index contributed by atoms with van der Waals surface area (Å²) in [7, 11) is 0. The second-order valence-corrected chi connectivity index (χ2v) is 4.62. The van der Waals surface area contributed by atoms with Gasteiger partial charge >= 0.3 is 0 Å². The maximum absolute atomic E-state index is 8.91. The molecule has 72 valence electrons. The molecule has 0 atom stereocenters. The molecule has 0 spiro atoms. The molecular formula is C8H17NO2S. The first-order chi connectivity index (χ1) is 5.83. The van der Waals surface area contributed by atoms with E-state index in [4.69, 9.17) is 15.8 Å². The van der Waals surface area contributed by atoms with Crippen molar-refractivity contribution in [2.75, 3.05) is 24.7 Å². The molecule has 0 aromatic carbocycles. The van der Waals surface area contributed by atoms with Gasteiger partial charge in [0.15, 0.2) is 0 Å². The minimum absolute atomic E-state index is 0.161. The highest BCUT2D eigenvalue weighted by molar-refractivity contribution is 7.99. The standard InChI is InChI=1S/C8H17NO2S/c9-11-7-8(1-4-10)2-5-12-6-3-8/h10H,1-7,9H2. The Labute approximate surface area is 77.6 Å². The second kappa shape index (κ2) is 5.07. The van der Waals surface area contributed by atoms with Gasteiger partial charge in [-0.2, -0.15) is 11.8 Å². The van der Waals surface area contributed by atoms with Crippen LogP contribution in [0.5, 0.6) is 0 Å². The summed E-state index contributed by atoms with van der Waals surface area (Å²) in [6.45, 7) is 0.835. The quantitative estimate of drug-likeness (QED) is 0.645. The largest absolute Gasteiger partial charge is 0.396 e. The fourth-order valence-corrected chi connectivity index (χ4v) is 3.04. The second-order valence-electron chi connectivity index (χ2n) is 3.40. The molecule has 4 heteroatoms. The fourth-order valence-electron chi connectivity index (χ4n) is 1.68. The van der Waals surface area contributed by atoms with E-state index in [1.54, 1.807) is 0 Å². The van der Waals surface area contributed by atoms with Crippen molar-refractivity contribution in [1.82, 2.24) is 0 Å². The van der Waals surface area contributed by atoms with Crippen molar-refractivity contribution in [3.8, 4) is 0 Å². The molecule has 1 rings (SSSR count). The Morgan fingerprint density at radius 3 is 2.58 bits per heavy atom. The van der Waals surface area contributed by atoms with Crippen LogP contribution in [0.3, 0.4) is 0 Å². The number of thioether (sulfide) groups is 1. The Balaban J connectivity index is 2.44. The Morgan fingerprint density at radius 2 is 2.08 bits per heavy atom. The van der Waals surface area contributed by atoms with Crippen LogP contribution in [-0.2, 0) is 4.84 Å². The van der Waals surface area contributed by atoms with Gasteiger partial charge in [0.1, 0.15) is 0 Å². The number of hydrogen-bond acceptors (Lipinski definition) is 4. The maximum atomic E-state index is 8.91. The third-order valence-corrected chi connectivity index (χ3v) is 3.57. The van der Waals surface area contributed by atoms with Crippen LogP contribution >= 0.6 is 11.8 Å². The Morgan fingerprint density at radius 1 is 1.42 bits per heavy atom. The summed E-state index contributed by atoms with van der Waals surface area (Å²) >= 11 is 1.97. The van der Waals surface area contributed by atoms with Crippen molar-refractivity contribution in [3.63, 3.8) is 0 Å². The molecule has 0 bridgehead atoms. The number of aliphatic hydroxyl groups is 1. The van der Waals surface area contributed by atoms with Crippen LogP contribution in [0.25, 0.3) is 0 Å². The number of nitrogens with two attached hydrogens (primary N) is 1. The average Bonchev–Trinajstić information content (AvgIpc) is 2.07. The van der Waals surface area contributed by atoms with Crippen molar-refractivity contribution >= 4 is 11.8 Å². The molecule has 0 aromatic rings. The van der Waals surface area contributed by atoms with E-state index in [9.17, 15) is 0 Å². The van der Waals surface area contributed by atoms with E-state index in [1.165, 1.54) is 11.5 Å². The van der Waals surface area contributed by atoms with E-state index in [0.717, 1.165) is 19.3 Å². The van der Waals surface area contributed by atoms with Crippen molar-refractivity contribution in [2.24, 2.45) is 11.3 Å². The Kier molecular flexibility index (Phi) is 4.35. The molecule has 0 radical (unpaired) electrons. The summed E-state index contributed by atoms with van der Waals surface area (Å²) in [5, 5.41) is 8.91. The monoisotopic (exact) mass is 191 g/mol. The summed E-state index contributed by atoms with van der Waals surface area (Å²) in [6, 6.07) is 0. The van der Waals surface area contributed by atoms with Crippen molar-refractivity contribution in [3.05, 3.63) is 0 Å². The topological polar surface area (TPSA) is 55.5 Å². The van der Waals surface area contributed by atoms with E-state index in [-0.39, 0.29) is 12.0 Å². The van der Waals surface area contributed by atoms with Gasteiger partial charge in [0.25, 0.3) is 0 Å². The van der Waals surface area contributed by atoms with Crippen LogP contribution in [0.2, 0.25) is 0 Å². The summed E-state index contributed by atoms with van der Waals surface area (Å²) in [4.78, 5) is 4.72. The average molecular weight is 191 g/mol. The zero-order valence-corrected chi connectivity index (χ0v) is 8.11. The molecule has 0 aliphatic carbocycles. The number of hydrogen-bond donors (Lipinski definition) is 2. The summed E-state index contributed by atoms with van der Waals surface area (Å²) < 4.78 is 0. The highest BCUT2D eigenvalue weighted by atomic mass is 32.2. The van der Waals surface area contributed by atoms with Gasteiger partial charge in [-0.3, -0.25) is 0 Å². The molecule has 3 N–H and O–H groups in total. The third-order valence-electron chi connectivity index (χ3n) is 2.59. The Hall–Kier alpha value is 0.230. The number of aliphatic hydroxyl groups excluding tert-OH is 1. The lowest BCUT2D eigenvalue weighted by atomic mass is 9.80. The molecule has 0 unspecified atom stereocenters. The lowest BCUT2D eigenvalue weighted by molar-refractivity contribution is 0.0216. The zero-order valence-electron chi connectivity index (χ0n) is 7.29. The molecule has 3 nitrogen and oxygen atoms in total. The lowest BCUT2D eigenvalue weighted by Crippen LogP contribution is -2.33. The number of rotatable bonds is 4. The lowest BCUT2D eigenvalue weighted by Gasteiger charge is -2.35. The molecule has 1 fully saturated rings. The predicted molar refractivity (Wildman–Crippen MR) is 50.8 cm³/mol. The van der Waals surface area contributed by atoms with Crippen molar-refractivity contribution in [2.45, 2.75) is 19.3 Å². The van der Waals surface area contributed by atoms with E-state index < -0.39 is 0 Å². The van der Waals surface area contributed by atoms with E-state index >= 15 is 0 Å². The minimum atomic E-state index is 0.161. The molecule has 0 aromatic heterocycles. The van der Waals surface area contributed by atoms with Crippen LogP contribution in [-0.4, -0.2) is 29.8 Å². The van der Waals surface area contributed by atoms with Crippen molar-refractivity contribution < 1.29 is 9.94 Å². The fraction of sp³-hybridized carbons (Fsp3) is 1.00. The summed E-state index contributed by atoms with van der Waals surface area (Å²) in [5.74, 6) is 7.43. The van der Waals surface area contributed by atoms with Gasteiger partial charge in [-0.1, -0.05) is 0 Å². The highest BCUT2D eigenvalue weighted by Crippen LogP contribution is 2.37. The molecule has 1 aliphatic rings. The highest BCUT2D eigenvalue weighted by Gasteiger charge is 2.31. The van der Waals surface area contributed by atoms with Gasteiger partial charge in [-0.05, 0) is 36.2 Å². The van der Waals surface area contributed by atoms with Crippen LogP contribution in [0.15, 0.2) is 0 Å². The van der Waals surface area contributed by atoms with Crippen LogP contribution in [0.4, 0.5) is 0 Å². The van der Waals surface area contributed by atoms with Gasteiger partial charge in [0.2, 0.25) is 0 Å². The van der Waals surface area contributed by atoms with Gasteiger partial charge in [-0.25, -0.2) is 5.90 Å². The Bertz CT molecular complexity index is 111. The van der Waals surface area contributed by atoms with E-state index in [1.807, 2.05) is 11.8 Å². The first-order valence-corrected chi connectivity index (χ1v) is 5.49. The predicted octanol–water partition coefficient (Wildman–Crippen LogP) is 0.772. The van der Waals surface area contributed by atoms with Gasteiger partial charge in [0.05, 0.1) is 6.61 Å². The summed E-state index contributed by atoms with van der Waals surface area (Å²) in [6.07, 6.45) is 3.07. The van der Waals surface area contributed by atoms with Gasteiger partial charge in [0, 0.05) is 6.61 Å². The molecule has 1 saturated heterocycles. The van der Waals surface area contributed by atoms with Gasteiger partial charge < -0.3 is 9.94 Å². The van der Waals surface area contributed by atoms with Crippen LogP contribution < -0.4 is 5.90 Å². The molecule has 12 heavy (non-hydrogen) atoms. The smallest absolute Gasteiger partial charge is 0.0736 e. The minimum Gasteiger partial charge on any atom is -0.396 e. The SMILES string of the molecule is NOCC1(CCO)CCSCC1. The summed E-state index contributed by atoms with van der Waals surface area (Å²) in [5.41, 5.74) is 0.161. The van der Waals surface area contributed by atoms with E-state index in [2.05, 4.69) is 0 Å². The molecular weight excluding hydrogens is 174 g/mol. The molecule has 0 amide bonds. The molecule has 1 heterocycles. The third kappa shape index (κ3) is 2.62. The first-order valence-electron chi connectivity index (χ1n) is 4.33. The molecule has 0 saturated carbocycles. The first kappa shape index (κ1) is 10.3. The van der Waals surface area contributed by atoms with Crippen molar-refractivity contribution in [1.29, 1.82) is 0 Å². The van der Waals surface area contributed by atoms with Crippen LogP contribution in [0, 0.1) is 5.41 Å².